The number of nitrogens with one attached hydrogen (secondary N) is 1. The molecule has 0 spiro atoms. The lowest BCUT2D eigenvalue weighted by Crippen LogP contribution is -2.57. The van der Waals surface area contributed by atoms with E-state index < -0.39 is 5.60 Å². The molecule has 2 aromatic rings. The highest BCUT2D eigenvalue weighted by atomic mass is 16.5. The number of carbonyl (C=O) groups excluding carboxylic acids is 1. The number of methoxy groups -OCH3 is 1. The molecule has 1 aromatic heterocycles. The molecule has 1 atom stereocenters. The average Bonchev–Trinajstić information content (AvgIpc) is 3.13. The summed E-state index contributed by atoms with van der Waals surface area (Å²) >= 11 is 0. The Morgan fingerprint density at radius 3 is 3.04 bits per heavy atom. The first kappa shape index (κ1) is 19.4. The zero-order chi connectivity index (χ0) is 19.3. The van der Waals surface area contributed by atoms with Gasteiger partial charge in [0.05, 0.1) is 13.7 Å². The zero-order valence-electron chi connectivity index (χ0n) is 16.0. The lowest BCUT2D eigenvalue weighted by molar-refractivity contribution is -0.157. The quantitative estimate of drug-likeness (QED) is 0.735. The summed E-state index contributed by atoms with van der Waals surface area (Å²) in [5.41, 5.74) is -0.384. The van der Waals surface area contributed by atoms with Crippen LogP contribution in [0, 0.1) is 0 Å². The van der Waals surface area contributed by atoms with E-state index in [1.54, 1.807) is 18.2 Å². The molecule has 7 nitrogen and oxygen atoms in total. The molecule has 0 unspecified atom stereocenters. The van der Waals surface area contributed by atoms with Crippen molar-refractivity contribution >= 4 is 5.91 Å². The third-order valence-corrected chi connectivity index (χ3v) is 5.05. The van der Waals surface area contributed by atoms with Crippen LogP contribution in [0.3, 0.4) is 0 Å². The second-order valence-electron chi connectivity index (χ2n) is 6.95. The normalized spacial score (nSPS) is 20.1. The van der Waals surface area contributed by atoms with Crippen molar-refractivity contribution in [3.05, 3.63) is 48.0 Å². The molecule has 0 radical (unpaired) electrons. The molecular formula is C20H28N4O3. The van der Waals surface area contributed by atoms with Crippen molar-refractivity contribution in [2.24, 2.45) is 0 Å². The van der Waals surface area contributed by atoms with Crippen LogP contribution in [0.1, 0.15) is 31.2 Å². The minimum Gasteiger partial charge on any atom is -0.497 e. The third kappa shape index (κ3) is 4.48. The van der Waals surface area contributed by atoms with E-state index in [0.717, 1.165) is 30.1 Å². The lowest BCUT2D eigenvalue weighted by Gasteiger charge is -2.38. The molecule has 1 aliphatic rings. The fourth-order valence-electron chi connectivity index (χ4n) is 3.55. The van der Waals surface area contributed by atoms with Crippen molar-refractivity contribution in [1.82, 2.24) is 19.8 Å². The second-order valence-corrected chi connectivity index (χ2v) is 6.95. The van der Waals surface area contributed by atoms with Gasteiger partial charge in [0.1, 0.15) is 11.6 Å². The molecule has 2 heterocycles. The van der Waals surface area contributed by atoms with Gasteiger partial charge in [-0.2, -0.15) is 0 Å². The van der Waals surface area contributed by atoms with Gasteiger partial charge >= 0.3 is 0 Å². The Labute approximate surface area is 160 Å². The fourth-order valence-corrected chi connectivity index (χ4v) is 3.55. The summed E-state index contributed by atoms with van der Waals surface area (Å²) in [6.45, 7) is 4.76. The Morgan fingerprint density at radius 1 is 1.41 bits per heavy atom. The van der Waals surface area contributed by atoms with Crippen molar-refractivity contribution in [2.75, 3.05) is 20.2 Å². The summed E-state index contributed by atoms with van der Waals surface area (Å²) in [5.74, 6) is 1.45. The topological polar surface area (TPSA) is 79.6 Å². The van der Waals surface area contributed by atoms with Crippen LogP contribution >= 0.6 is 0 Å². The number of benzene rings is 1. The number of likely N-dealkylation sites (tertiary alicyclic amines) is 1. The third-order valence-electron chi connectivity index (χ3n) is 5.05. The monoisotopic (exact) mass is 372 g/mol. The highest BCUT2D eigenvalue weighted by molar-refractivity contribution is 5.86. The molecule has 2 N–H and O–H groups in total. The van der Waals surface area contributed by atoms with Crippen LogP contribution in [0.25, 0.3) is 0 Å². The first-order valence-corrected chi connectivity index (χ1v) is 9.41. The smallest absolute Gasteiger partial charge is 0.256 e. The molecule has 1 saturated heterocycles. The molecule has 1 aromatic carbocycles. The molecule has 0 saturated carbocycles. The van der Waals surface area contributed by atoms with E-state index >= 15 is 0 Å². The van der Waals surface area contributed by atoms with E-state index in [-0.39, 0.29) is 12.5 Å². The largest absolute Gasteiger partial charge is 0.497 e. The number of hydrogen-bond acceptors (Lipinski definition) is 5. The number of aromatic nitrogens is 2. The number of ether oxygens (including phenoxy) is 1. The van der Waals surface area contributed by atoms with Gasteiger partial charge in [-0.25, -0.2) is 4.98 Å². The number of imidazole rings is 1. The zero-order valence-corrected chi connectivity index (χ0v) is 16.0. The maximum Gasteiger partial charge on any atom is 0.256 e. The predicted octanol–water partition coefficient (Wildman–Crippen LogP) is 1.55. The number of amides is 1. The van der Waals surface area contributed by atoms with Gasteiger partial charge in [-0.05, 0) is 37.5 Å². The van der Waals surface area contributed by atoms with Gasteiger partial charge in [0.25, 0.3) is 5.91 Å². The van der Waals surface area contributed by atoms with Gasteiger partial charge < -0.3 is 24.6 Å². The minimum atomic E-state index is -1.37. The standard InChI is InChI=1S/C20H28N4O3/c1-3-23-11-9-22-18(23)13-21-15-20(26)8-5-10-24(19(20)25)14-16-6-4-7-17(12-16)27-2/h4,6-7,9,11-12,21,26H,3,5,8,10,13-15H2,1-2H3/t20-/m1/s1. The summed E-state index contributed by atoms with van der Waals surface area (Å²) in [7, 11) is 1.62. The van der Waals surface area contributed by atoms with E-state index in [2.05, 4.69) is 17.2 Å². The Hall–Kier alpha value is -2.38. The van der Waals surface area contributed by atoms with E-state index in [1.165, 1.54) is 0 Å². The SMILES string of the molecule is CCn1ccnc1CNC[C@]1(O)CCCN(Cc2cccc(OC)c2)C1=O. The van der Waals surface area contributed by atoms with Gasteiger partial charge in [-0.15, -0.1) is 0 Å². The Balaban J connectivity index is 1.60. The van der Waals surface area contributed by atoms with Crippen molar-refractivity contribution in [3.63, 3.8) is 0 Å². The van der Waals surface area contributed by atoms with E-state index in [9.17, 15) is 9.90 Å². The van der Waals surface area contributed by atoms with Crippen LogP contribution in [0.4, 0.5) is 0 Å². The van der Waals surface area contributed by atoms with Crippen LogP contribution in [-0.2, 0) is 24.4 Å². The van der Waals surface area contributed by atoms with E-state index in [0.29, 0.717) is 26.1 Å². The Kier molecular flexibility index (Phi) is 6.13. The van der Waals surface area contributed by atoms with Crippen molar-refractivity contribution in [2.45, 2.75) is 45.0 Å². The number of aliphatic hydroxyl groups is 1. The van der Waals surface area contributed by atoms with E-state index in [4.69, 9.17) is 4.74 Å². The summed E-state index contributed by atoms with van der Waals surface area (Å²) in [5, 5.41) is 14.1. The molecule has 27 heavy (non-hydrogen) atoms. The van der Waals surface area contributed by atoms with Gasteiger partial charge in [0.15, 0.2) is 5.60 Å². The van der Waals surface area contributed by atoms with Gasteiger partial charge in [-0.3, -0.25) is 4.79 Å². The molecule has 0 bridgehead atoms. The van der Waals surface area contributed by atoms with Crippen LogP contribution in [0.2, 0.25) is 0 Å². The molecule has 3 rings (SSSR count). The first-order valence-electron chi connectivity index (χ1n) is 9.41. The molecule has 1 aliphatic heterocycles. The van der Waals surface area contributed by atoms with E-state index in [1.807, 2.05) is 35.0 Å². The van der Waals surface area contributed by atoms with Crippen molar-refractivity contribution in [3.8, 4) is 5.75 Å². The molecule has 1 amide bonds. The van der Waals surface area contributed by atoms with Crippen LogP contribution in [0.15, 0.2) is 36.7 Å². The molecule has 1 fully saturated rings. The Morgan fingerprint density at radius 2 is 2.26 bits per heavy atom. The number of piperidine rings is 1. The van der Waals surface area contributed by atoms with Crippen LogP contribution in [0.5, 0.6) is 5.75 Å². The lowest BCUT2D eigenvalue weighted by atomic mass is 9.91. The summed E-state index contributed by atoms with van der Waals surface area (Å²) in [4.78, 5) is 18.9. The van der Waals surface area contributed by atoms with Crippen molar-refractivity contribution in [1.29, 1.82) is 0 Å². The maximum atomic E-state index is 12.9. The number of rotatable bonds is 8. The predicted molar refractivity (Wildman–Crippen MR) is 102 cm³/mol. The van der Waals surface area contributed by atoms with Gasteiger partial charge in [-0.1, -0.05) is 12.1 Å². The highest BCUT2D eigenvalue weighted by Gasteiger charge is 2.41. The number of nitrogens with zero attached hydrogens (tertiary/aromatic N) is 3. The number of hydrogen-bond donors (Lipinski definition) is 2. The average molecular weight is 372 g/mol. The van der Waals surface area contributed by atoms with Crippen LogP contribution in [-0.4, -0.2) is 51.3 Å². The molecule has 0 aliphatic carbocycles. The molecular weight excluding hydrogens is 344 g/mol. The fraction of sp³-hybridized carbons (Fsp3) is 0.500. The number of aryl methyl sites for hydroxylation is 1. The van der Waals surface area contributed by atoms with Crippen LogP contribution < -0.4 is 10.1 Å². The summed E-state index contributed by atoms with van der Waals surface area (Å²) in [6, 6.07) is 7.67. The summed E-state index contributed by atoms with van der Waals surface area (Å²) < 4.78 is 7.28. The summed E-state index contributed by atoms with van der Waals surface area (Å²) in [6.07, 6.45) is 4.93. The van der Waals surface area contributed by atoms with Gasteiger partial charge in [0.2, 0.25) is 0 Å². The maximum absolute atomic E-state index is 12.9. The molecule has 146 valence electrons. The van der Waals surface area contributed by atoms with Gasteiger partial charge in [0, 0.05) is 38.6 Å². The Bertz CT molecular complexity index is 776. The first-order chi connectivity index (χ1) is 13.1. The number of carbonyl (C=O) groups is 1. The minimum absolute atomic E-state index is 0.219. The highest BCUT2D eigenvalue weighted by Crippen LogP contribution is 2.24. The second kappa shape index (κ2) is 8.54. The van der Waals surface area contributed by atoms with Crippen molar-refractivity contribution < 1.29 is 14.6 Å². The molecule has 7 heteroatoms.